The van der Waals surface area contributed by atoms with Crippen LogP contribution in [0.4, 0.5) is 4.39 Å². The van der Waals surface area contributed by atoms with E-state index in [9.17, 15) is 4.39 Å². The summed E-state index contributed by atoms with van der Waals surface area (Å²) < 4.78 is 18.9. The fourth-order valence-electron chi connectivity index (χ4n) is 3.43. The summed E-state index contributed by atoms with van der Waals surface area (Å²) in [7, 11) is 3.44. The molecule has 3 fully saturated rings. The molecule has 1 N–H and O–H groups in total. The molecule has 0 amide bonds. The first-order valence-corrected chi connectivity index (χ1v) is 7.20. The van der Waals surface area contributed by atoms with Crippen molar-refractivity contribution in [3.8, 4) is 5.75 Å². The number of ether oxygens (including phenoxy) is 1. The van der Waals surface area contributed by atoms with Crippen LogP contribution in [0.1, 0.15) is 11.6 Å². The summed E-state index contributed by atoms with van der Waals surface area (Å²) in [6.45, 7) is 5.59. The van der Waals surface area contributed by atoms with Crippen molar-refractivity contribution in [3.63, 3.8) is 0 Å². The molecule has 2 unspecified atom stereocenters. The van der Waals surface area contributed by atoms with Crippen LogP contribution in [0.3, 0.4) is 0 Å². The van der Waals surface area contributed by atoms with Crippen molar-refractivity contribution in [2.45, 2.75) is 12.1 Å². The zero-order chi connectivity index (χ0) is 14.1. The highest BCUT2D eigenvalue weighted by Crippen LogP contribution is 2.29. The summed E-state index contributed by atoms with van der Waals surface area (Å²) in [5, 5.41) is 3.36. The number of piperazine rings is 3. The lowest BCUT2D eigenvalue weighted by atomic mass is 9.94. The van der Waals surface area contributed by atoms with Gasteiger partial charge in [-0.15, -0.1) is 0 Å². The van der Waals surface area contributed by atoms with E-state index in [1.807, 2.05) is 13.1 Å². The van der Waals surface area contributed by atoms with Gasteiger partial charge < -0.3 is 10.1 Å². The molecule has 110 valence electrons. The third kappa shape index (κ3) is 2.41. The molecule has 0 aromatic heterocycles. The maximum absolute atomic E-state index is 13.9. The highest BCUT2D eigenvalue weighted by Gasteiger charge is 2.36. The van der Waals surface area contributed by atoms with Crippen LogP contribution in [-0.4, -0.2) is 62.7 Å². The van der Waals surface area contributed by atoms with Gasteiger partial charge in [0.1, 0.15) is 0 Å². The van der Waals surface area contributed by atoms with Crippen LogP contribution in [0.2, 0.25) is 0 Å². The SMILES string of the molecule is CNC(c1ccc(OC)c(F)c1)C1CN2CCN1CC2. The molecule has 3 saturated heterocycles. The zero-order valence-corrected chi connectivity index (χ0v) is 12.1. The van der Waals surface area contributed by atoms with Crippen molar-refractivity contribution >= 4 is 0 Å². The van der Waals surface area contributed by atoms with Gasteiger partial charge in [0, 0.05) is 44.8 Å². The van der Waals surface area contributed by atoms with Crippen molar-refractivity contribution in [2.24, 2.45) is 0 Å². The first-order chi connectivity index (χ1) is 9.72. The van der Waals surface area contributed by atoms with Gasteiger partial charge in [-0.05, 0) is 24.7 Å². The van der Waals surface area contributed by atoms with Crippen molar-refractivity contribution in [1.82, 2.24) is 15.1 Å². The standard InChI is InChI=1S/C15H22FN3O/c1-17-15(11-3-4-14(20-2)12(16)9-11)13-10-18-5-7-19(13)8-6-18/h3-4,9,13,15,17H,5-8,10H2,1-2H3. The van der Waals surface area contributed by atoms with Crippen LogP contribution in [0.5, 0.6) is 5.75 Å². The first-order valence-electron chi connectivity index (χ1n) is 7.20. The molecule has 2 bridgehead atoms. The van der Waals surface area contributed by atoms with E-state index < -0.39 is 0 Å². The number of halogens is 1. The second-order valence-electron chi connectivity index (χ2n) is 5.56. The largest absolute Gasteiger partial charge is 0.494 e. The lowest BCUT2D eigenvalue weighted by molar-refractivity contribution is -0.00259. The predicted octanol–water partition coefficient (Wildman–Crippen LogP) is 1.09. The number of benzene rings is 1. The van der Waals surface area contributed by atoms with Crippen molar-refractivity contribution in [3.05, 3.63) is 29.6 Å². The fourth-order valence-corrected chi connectivity index (χ4v) is 3.43. The maximum Gasteiger partial charge on any atom is 0.165 e. The van der Waals surface area contributed by atoms with Gasteiger partial charge >= 0.3 is 0 Å². The van der Waals surface area contributed by atoms with Crippen LogP contribution < -0.4 is 10.1 Å². The number of likely N-dealkylation sites (N-methyl/N-ethyl adjacent to an activating group) is 1. The molecule has 1 aromatic rings. The molecule has 3 aliphatic heterocycles. The third-order valence-corrected chi connectivity index (χ3v) is 4.55. The van der Waals surface area contributed by atoms with Crippen LogP contribution in [0.15, 0.2) is 18.2 Å². The molecular weight excluding hydrogens is 257 g/mol. The van der Waals surface area contributed by atoms with Crippen LogP contribution >= 0.6 is 0 Å². The van der Waals surface area contributed by atoms with Gasteiger partial charge in [0.25, 0.3) is 0 Å². The highest BCUT2D eigenvalue weighted by atomic mass is 19.1. The zero-order valence-electron chi connectivity index (χ0n) is 12.1. The van der Waals surface area contributed by atoms with Crippen LogP contribution in [0, 0.1) is 5.82 Å². The Morgan fingerprint density at radius 2 is 2.05 bits per heavy atom. The minimum Gasteiger partial charge on any atom is -0.494 e. The second kappa shape index (κ2) is 5.68. The number of nitrogens with one attached hydrogen (secondary N) is 1. The van der Waals surface area contributed by atoms with Crippen LogP contribution in [0.25, 0.3) is 0 Å². The van der Waals surface area contributed by atoms with Gasteiger partial charge in [-0.3, -0.25) is 9.80 Å². The predicted molar refractivity (Wildman–Crippen MR) is 76.6 cm³/mol. The molecule has 0 spiro atoms. The van der Waals surface area contributed by atoms with Gasteiger partial charge in [0.15, 0.2) is 11.6 Å². The Hall–Kier alpha value is -1.17. The topological polar surface area (TPSA) is 27.7 Å². The Kier molecular flexibility index (Phi) is 3.92. The number of fused-ring (bicyclic) bond motifs is 3. The molecule has 4 rings (SSSR count). The Morgan fingerprint density at radius 3 is 2.55 bits per heavy atom. The molecule has 0 aliphatic carbocycles. The minimum atomic E-state index is -0.290. The number of hydrogen-bond acceptors (Lipinski definition) is 4. The van der Waals surface area contributed by atoms with Crippen molar-refractivity contribution < 1.29 is 9.13 Å². The van der Waals surface area contributed by atoms with E-state index in [0.717, 1.165) is 38.3 Å². The Bertz CT molecular complexity index is 474. The molecule has 3 aliphatic rings. The van der Waals surface area contributed by atoms with Gasteiger partial charge in [0.05, 0.1) is 7.11 Å². The lowest BCUT2D eigenvalue weighted by Gasteiger charge is -2.50. The molecule has 5 heteroatoms. The second-order valence-corrected chi connectivity index (χ2v) is 5.56. The van der Waals surface area contributed by atoms with Gasteiger partial charge in [-0.1, -0.05) is 6.07 Å². The van der Waals surface area contributed by atoms with E-state index in [2.05, 4.69) is 15.1 Å². The molecule has 4 nitrogen and oxygen atoms in total. The molecule has 0 saturated carbocycles. The van der Waals surface area contributed by atoms with E-state index in [4.69, 9.17) is 4.74 Å². The molecule has 1 aromatic carbocycles. The third-order valence-electron chi connectivity index (χ3n) is 4.55. The van der Waals surface area contributed by atoms with Gasteiger partial charge in [0.2, 0.25) is 0 Å². The van der Waals surface area contributed by atoms with E-state index in [-0.39, 0.29) is 11.9 Å². The fraction of sp³-hybridized carbons (Fsp3) is 0.600. The molecule has 20 heavy (non-hydrogen) atoms. The van der Waals surface area contributed by atoms with E-state index in [1.54, 1.807) is 12.1 Å². The number of rotatable bonds is 4. The maximum atomic E-state index is 13.9. The van der Waals surface area contributed by atoms with Gasteiger partial charge in [-0.25, -0.2) is 4.39 Å². The summed E-state index contributed by atoms with van der Waals surface area (Å²) in [5.74, 6) is 0.0133. The van der Waals surface area contributed by atoms with Crippen molar-refractivity contribution in [2.75, 3.05) is 46.9 Å². The summed E-state index contributed by atoms with van der Waals surface area (Å²) in [6.07, 6.45) is 0. The van der Waals surface area contributed by atoms with Gasteiger partial charge in [-0.2, -0.15) is 0 Å². The molecule has 0 radical (unpaired) electrons. The number of hydrogen-bond donors (Lipinski definition) is 1. The molecule has 2 atom stereocenters. The highest BCUT2D eigenvalue weighted by molar-refractivity contribution is 5.32. The Labute approximate surface area is 119 Å². The smallest absolute Gasteiger partial charge is 0.165 e. The number of nitrogens with zero attached hydrogens (tertiary/aromatic N) is 2. The molecule has 3 heterocycles. The van der Waals surface area contributed by atoms with E-state index >= 15 is 0 Å². The minimum absolute atomic E-state index is 0.151. The van der Waals surface area contributed by atoms with E-state index in [0.29, 0.717) is 11.8 Å². The Morgan fingerprint density at radius 1 is 1.30 bits per heavy atom. The van der Waals surface area contributed by atoms with E-state index in [1.165, 1.54) is 7.11 Å². The summed E-state index contributed by atoms with van der Waals surface area (Å²) in [4.78, 5) is 5.01. The average molecular weight is 279 g/mol. The van der Waals surface area contributed by atoms with Crippen LogP contribution in [-0.2, 0) is 0 Å². The quantitative estimate of drug-likeness (QED) is 0.893. The first kappa shape index (κ1) is 13.8. The lowest BCUT2D eigenvalue weighted by Crippen LogP contribution is -2.63. The summed E-state index contributed by atoms with van der Waals surface area (Å²) >= 11 is 0. The summed E-state index contributed by atoms with van der Waals surface area (Å²) in [5.41, 5.74) is 0.990. The average Bonchev–Trinajstić information content (AvgIpc) is 2.49. The van der Waals surface area contributed by atoms with Crippen molar-refractivity contribution in [1.29, 1.82) is 0 Å². The Balaban J connectivity index is 1.84. The number of methoxy groups -OCH3 is 1. The summed E-state index contributed by atoms with van der Waals surface area (Å²) in [6, 6.07) is 5.83. The molecular formula is C15H22FN3O. The normalized spacial score (nSPS) is 30.2. The monoisotopic (exact) mass is 279 g/mol.